The van der Waals surface area contributed by atoms with E-state index in [0.29, 0.717) is 18.8 Å². The molecule has 1 fully saturated rings. The Kier molecular flexibility index (Phi) is 4.62. The molecule has 0 amide bonds. The van der Waals surface area contributed by atoms with Crippen LogP contribution in [0, 0.1) is 5.92 Å². The predicted octanol–water partition coefficient (Wildman–Crippen LogP) is 1.18. The number of carbonyl (C=O) groups excluding carboxylic acids is 1. The standard InChI is InChI=1S/C14H18N2O5/c1-20-12-10(14(19)21-2)5-6-11(15-12)16-7-3-4-9(8-16)13(17)18/h5-6,9H,3-4,7-8H2,1-2H3,(H,17,18). The second-order valence-corrected chi connectivity index (χ2v) is 4.84. The Balaban J connectivity index is 2.24. The molecular weight excluding hydrogens is 276 g/mol. The fourth-order valence-electron chi connectivity index (χ4n) is 2.41. The van der Waals surface area contributed by atoms with E-state index >= 15 is 0 Å². The van der Waals surface area contributed by atoms with Crippen LogP contribution in [-0.2, 0) is 9.53 Å². The Hall–Kier alpha value is -2.31. The molecule has 114 valence electrons. The van der Waals surface area contributed by atoms with Gasteiger partial charge in [0.15, 0.2) is 0 Å². The van der Waals surface area contributed by atoms with Gasteiger partial charge in [0.2, 0.25) is 5.88 Å². The molecule has 7 heteroatoms. The van der Waals surface area contributed by atoms with Crippen molar-refractivity contribution >= 4 is 17.8 Å². The van der Waals surface area contributed by atoms with Crippen molar-refractivity contribution in [3.8, 4) is 5.88 Å². The Morgan fingerprint density at radius 2 is 2.14 bits per heavy atom. The summed E-state index contributed by atoms with van der Waals surface area (Å²) in [6.45, 7) is 1.14. The van der Waals surface area contributed by atoms with E-state index in [-0.39, 0.29) is 11.4 Å². The number of piperidine rings is 1. The number of rotatable bonds is 4. The van der Waals surface area contributed by atoms with Gasteiger partial charge in [0.1, 0.15) is 11.4 Å². The van der Waals surface area contributed by atoms with Crippen molar-refractivity contribution in [1.82, 2.24) is 4.98 Å². The van der Waals surface area contributed by atoms with Crippen molar-refractivity contribution < 1.29 is 24.2 Å². The number of carboxylic acids is 1. The molecule has 1 saturated heterocycles. The summed E-state index contributed by atoms with van der Waals surface area (Å²) < 4.78 is 9.78. The van der Waals surface area contributed by atoms with Crippen LogP contribution in [0.25, 0.3) is 0 Å². The van der Waals surface area contributed by atoms with E-state index in [1.165, 1.54) is 14.2 Å². The number of hydrogen-bond donors (Lipinski definition) is 1. The van der Waals surface area contributed by atoms with Crippen LogP contribution < -0.4 is 9.64 Å². The van der Waals surface area contributed by atoms with Crippen molar-refractivity contribution in [1.29, 1.82) is 0 Å². The number of aliphatic carboxylic acids is 1. The zero-order valence-electron chi connectivity index (χ0n) is 12.0. The normalized spacial score (nSPS) is 18.2. The molecule has 1 aliphatic rings. The van der Waals surface area contributed by atoms with Crippen LogP contribution in [0.15, 0.2) is 12.1 Å². The first-order chi connectivity index (χ1) is 10.1. The molecule has 0 aromatic carbocycles. The van der Waals surface area contributed by atoms with Crippen molar-refractivity contribution in [2.24, 2.45) is 5.92 Å². The quantitative estimate of drug-likeness (QED) is 0.834. The number of aromatic nitrogens is 1. The third-order valence-corrected chi connectivity index (χ3v) is 3.54. The Labute approximate surface area is 122 Å². The van der Waals surface area contributed by atoms with Gasteiger partial charge in [-0.25, -0.2) is 4.79 Å². The highest BCUT2D eigenvalue weighted by atomic mass is 16.5. The average molecular weight is 294 g/mol. The van der Waals surface area contributed by atoms with Gasteiger partial charge in [-0.3, -0.25) is 4.79 Å². The highest BCUT2D eigenvalue weighted by Gasteiger charge is 2.27. The number of methoxy groups -OCH3 is 2. The summed E-state index contributed by atoms with van der Waals surface area (Å²) in [7, 11) is 2.71. The van der Waals surface area contributed by atoms with Crippen molar-refractivity contribution in [2.75, 3.05) is 32.2 Å². The van der Waals surface area contributed by atoms with Crippen LogP contribution in [0.3, 0.4) is 0 Å². The number of nitrogens with zero attached hydrogens (tertiary/aromatic N) is 2. The Morgan fingerprint density at radius 3 is 2.76 bits per heavy atom. The van der Waals surface area contributed by atoms with Crippen molar-refractivity contribution in [2.45, 2.75) is 12.8 Å². The first-order valence-electron chi connectivity index (χ1n) is 6.68. The van der Waals surface area contributed by atoms with E-state index in [1.807, 2.05) is 4.90 Å². The lowest BCUT2D eigenvalue weighted by Gasteiger charge is -2.31. The van der Waals surface area contributed by atoms with E-state index in [0.717, 1.165) is 13.0 Å². The molecule has 1 aromatic heterocycles. The maximum absolute atomic E-state index is 11.6. The van der Waals surface area contributed by atoms with Gasteiger partial charge in [-0.2, -0.15) is 4.98 Å². The summed E-state index contributed by atoms with van der Waals surface area (Å²) in [6, 6.07) is 3.26. The summed E-state index contributed by atoms with van der Waals surface area (Å²) in [5, 5.41) is 9.12. The molecule has 7 nitrogen and oxygen atoms in total. The first kappa shape index (κ1) is 15.1. The van der Waals surface area contributed by atoms with Crippen LogP contribution in [0.1, 0.15) is 23.2 Å². The summed E-state index contributed by atoms with van der Waals surface area (Å²) in [4.78, 5) is 28.9. The molecule has 1 atom stereocenters. The molecule has 0 saturated carbocycles. The number of carboxylic acid groups (broad SMARTS) is 1. The third kappa shape index (κ3) is 3.24. The minimum absolute atomic E-state index is 0.178. The monoisotopic (exact) mass is 294 g/mol. The van der Waals surface area contributed by atoms with Gasteiger partial charge >= 0.3 is 11.9 Å². The third-order valence-electron chi connectivity index (χ3n) is 3.54. The lowest BCUT2D eigenvalue weighted by atomic mass is 9.98. The van der Waals surface area contributed by atoms with Gasteiger partial charge in [0.25, 0.3) is 0 Å². The van der Waals surface area contributed by atoms with E-state index in [1.54, 1.807) is 12.1 Å². The molecule has 2 rings (SSSR count). The first-order valence-corrected chi connectivity index (χ1v) is 6.68. The molecule has 21 heavy (non-hydrogen) atoms. The van der Waals surface area contributed by atoms with Crippen LogP contribution in [0.4, 0.5) is 5.82 Å². The molecule has 1 N–H and O–H groups in total. The lowest BCUT2D eigenvalue weighted by Crippen LogP contribution is -2.39. The van der Waals surface area contributed by atoms with Gasteiger partial charge in [0.05, 0.1) is 20.1 Å². The van der Waals surface area contributed by atoms with Gasteiger partial charge in [-0.1, -0.05) is 0 Å². The van der Waals surface area contributed by atoms with Crippen molar-refractivity contribution in [3.05, 3.63) is 17.7 Å². The van der Waals surface area contributed by atoms with E-state index in [4.69, 9.17) is 9.84 Å². The van der Waals surface area contributed by atoms with E-state index in [2.05, 4.69) is 9.72 Å². The fraction of sp³-hybridized carbons (Fsp3) is 0.500. The smallest absolute Gasteiger partial charge is 0.343 e. The number of ether oxygens (including phenoxy) is 2. The zero-order valence-corrected chi connectivity index (χ0v) is 12.0. The fourth-order valence-corrected chi connectivity index (χ4v) is 2.41. The number of esters is 1. The molecule has 1 aliphatic heterocycles. The van der Waals surface area contributed by atoms with E-state index in [9.17, 15) is 9.59 Å². The predicted molar refractivity (Wildman–Crippen MR) is 74.7 cm³/mol. The summed E-state index contributed by atoms with van der Waals surface area (Å²) >= 11 is 0. The SMILES string of the molecule is COC(=O)c1ccc(N2CCCC(C(=O)O)C2)nc1OC. The van der Waals surface area contributed by atoms with Gasteiger partial charge in [-0.15, -0.1) is 0 Å². The molecule has 1 unspecified atom stereocenters. The minimum Gasteiger partial charge on any atom is -0.481 e. The molecule has 0 aliphatic carbocycles. The molecule has 0 bridgehead atoms. The highest BCUT2D eigenvalue weighted by Crippen LogP contribution is 2.26. The summed E-state index contributed by atoms with van der Waals surface area (Å²) in [6.07, 6.45) is 1.46. The van der Waals surface area contributed by atoms with Crippen LogP contribution >= 0.6 is 0 Å². The molecule has 1 aromatic rings. The number of hydrogen-bond acceptors (Lipinski definition) is 6. The van der Waals surface area contributed by atoms with Crippen LogP contribution in [0.5, 0.6) is 5.88 Å². The van der Waals surface area contributed by atoms with Gasteiger partial charge < -0.3 is 19.5 Å². The lowest BCUT2D eigenvalue weighted by molar-refractivity contribution is -0.141. The number of anilines is 1. The average Bonchev–Trinajstić information content (AvgIpc) is 2.53. The second kappa shape index (κ2) is 6.43. The molecular formula is C14H18N2O5. The number of carbonyl (C=O) groups is 2. The van der Waals surface area contributed by atoms with E-state index < -0.39 is 17.9 Å². The maximum atomic E-state index is 11.6. The number of pyridine rings is 1. The second-order valence-electron chi connectivity index (χ2n) is 4.84. The van der Waals surface area contributed by atoms with Gasteiger partial charge in [0, 0.05) is 13.1 Å². The van der Waals surface area contributed by atoms with Gasteiger partial charge in [-0.05, 0) is 25.0 Å². The van der Waals surface area contributed by atoms with Crippen LogP contribution in [-0.4, -0.2) is 49.3 Å². The van der Waals surface area contributed by atoms with Crippen molar-refractivity contribution in [3.63, 3.8) is 0 Å². The molecule has 0 radical (unpaired) electrons. The zero-order chi connectivity index (χ0) is 15.4. The Bertz CT molecular complexity index is 546. The topological polar surface area (TPSA) is 89.0 Å². The molecule has 2 heterocycles. The highest BCUT2D eigenvalue weighted by molar-refractivity contribution is 5.92. The largest absolute Gasteiger partial charge is 0.481 e. The molecule has 0 spiro atoms. The minimum atomic E-state index is -0.794. The summed E-state index contributed by atoms with van der Waals surface area (Å²) in [5.74, 6) is -0.931. The summed E-state index contributed by atoms with van der Waals surface area (Å²) in [5.41, 5.74) is 0.246. The maximum Gasteiger partial charge on any atom is 0.343 e. The van der Waals surface area contributed by atoms with Crippen LogP contribution in [0.2, 0.25) is 0 Å². The Morgan fingerprint density at radius 1 is 1.38 bits per heavy atom.